The normalized spacial score (nSPS) is 11.5. The van der Waals surface area contributed by atoms with Crippen molar-refractivity contribution in [2.24, 2.45) is 0 Å². The Kier molecular flexibility index (Phi) is 5.80. The third-order valence-electron chi connectivity index (χ3n) is 4.56. The van der Waals surface area contributed by atoms with Gasteiger partial charge in [0.1, 0.15) is 10.0 Å². The standard InChI is InChI=1S/C21H16FN3O4S3/c1-12-2-7-19(31-12)32(28,29)24-21(27)23-14-4-6-18(17(22)10-14)25-9-8-13-3-5-15(30)11-16(13)20(25)26/h2-11,30H,1H3,(H2,23,24,27). The number of aromatic nitrogens is 1. The molecule has 2 heterocycles. The second-order valence-electron chi connectivity index (χ2n) is 6.85. The SMILES string of the molecule is Cc1ccc(S(=O)(=O)NC(=O)Nc2ccc(-n3ccc4ccc(S)cc4c3=O)c(F)c2)s1. The van der Waals surface area contributed by atoms with Crippen LogP contribution in [-0.2, 0) is 10.0 Å². The van der Waals surface area contributed by atoms with E-state index in [1.807, 2.05) is 4.72 Å². The number of sulfonamides is 1. The molecule has 2 aromatic heterocycles. The van der Waals surface area contributed by atoms with Crippen molar-refractivity contribution >= 4 is 56.5 Å². The Morgan fingerprint density at radius 3 is 2.56 bits per heavy atom. The van der Waals surface area contributed by atoms with Crippen LogP contribution in [0.2, 0.25) is 0 Å². The van der Waals surface area contributed by atoms with Gasteiger partial charge in [-0.25, -0.2) is 22.3 Å². The molecule has 32 heavy (non-hydrogen) atoms. The van der Waals surface area contributed by atoms with Crippen molar-refractivity contribution in [3.63, 3.8) is 0 Å². The Labute approximate surface area is 192 Å². The molecule has 0 unspecified atom stereocenters. The van der Waals surface area contributed by atoms with Crippen molar-refractivity contribution in [3.8, 4) is 5.69 Å². The zero-order valence-corrected chi connectivity index (χ0v) is 19.0. The topological polar surface area (TPSA) is 97.3 Å². The number of benzene rings is 2. The number of rotatable bonds is 4. The van der Waals surface area contributed by atoms with Crippen molar-refractivity contribution in [2.75, 3.05) is 5.32 Å². The van der Waals surface area contributed by atoms with Gasteiger partial charge in [0.25, 0.3) is 15.6 Å². The van der Waals surface area contributed by atoms with E-state index in [0.717, 1.165) is 26.8 Å². The molecule has 2 amide bonds. The molecular weight excluding hydrogens is 473 g/mol. The van der Waals surface area contributed by atoms with Crippen molar-refractivity contribution in [1.29, 1.82) is 0 Å². The summed E-state index contributed by atoms with van der Waals surface area (Å²) in [5, 5.41) is 3.36. The van der Waals surface area contributed by atoms with Gasteiger partial charge in [-0.3, -0.25) is 9.36 Å². The van der Waals surface area contributed by atoms with Crippen LogP contribution < -0.4 is 15.6 Å². The fourth-order valence-corrected chi connectivity index (χ4v) is 5.48. The van der Waals surface area contributed by atoms with E-state index in [9.17, 15) is 22.4 Å². The van der Waals surface area contributed by atoms with E-state index < -0.39 is 27.4 Å². The summed E-state index contributed by atoms with van der Waals surface area (Å²) >= 11 is 5.26. The largest absolute Gasteiger partial charge is 0.333 e. The lowest BCUT2D eigenvalue weighted by Crippen LogP contribution is -2.34. The molecule has 0 aliphatic carbocycles. The summed E-state index contributed by atoms with van der Waals surface area (Å²) in [5.41, 5.74) is -0.421. The Morgan fingerprint density at radius 2 is 1.88 bits per heavy atom. The number of nitrogens with one attached hydrogen (secondary N) is 2. The molecule has 11 heteroatoms. The average molecular weight is 490 g/mol. The van der Waals surface area contributed by atoms with Crippen molar-refractivity contribution in [3.05, 3.63) is 81.8 Å². The summed E-state index contributed by atoms with van der Waals surface area (Å²) in [6.45, 7) is 1.74. The first-order chi connectivity index (χ1) is 15.1. The van der Waals surface area contributed by atoms with Crippen LogP contribution in [0.4, 0.5) is 14.9 Å². The van der Waals surface area contributed by atoms with Crippen LogP contribution in [0.3, 0.4) is 0 Å². The maximum absolute atomic E-state index is 14.8. The molecule has 4 rings (SSSR count). The number of aryl methyl sites for hydroxylation is 1. The monoisotopic (exact) mass is 489 g/mol. The summed E-state index contributed by atoms with van der Waals surface area (Å²) in [5.74, 6) is -0.775. The molecule has 0 fully saturated rings. The maximum Gasteiger partial charge on any atom is 0.333 e. The number of amides is 2. The number of carbonyl (C=O) groups is 1. The number of carbonyl (C=O) groups excluding carboxylic acids is 1. The van der Waals surface area contributed by atoms with E-state index in [1.165, 1.54) is 24.4 Å². The molecule has 0 radical (unpaired) electrons. The van der Waals surface area contributed by atoms with E-state index in [4.69, 9.17) is 0 Å². The molecule has 0 atom stereocenters. The molecule has 2 aromatic carbocycles. The second-order valence-corrected chi connectivity index (χ2v) is 10.6. The van der Waals surface area contributed by atoms with E-state index in [1.54, 1.807) is 37.3 Å². The zero-order valence-electron chi connectivity index (χ0n) is 16.5. The van der Waals surface area contributed by atoms with Crippen molar-refractivity contribution < 1.29 is 17.6 Å². The van der Waals surface area contributed by atoms with Crippen LogP contribution in [0.15, 0.2) is 74.7 Å². The smallest absolute Gasteiger partial charge is 0.307 e. The molecule has 0 saturated heterocycles. The first kappa shape index (κ1) is 22.1. The number of pyridine rings is 1. The average Bonchev–Trinajstić information content (AvgIpc) is 3.16. The van der Waals surface area contributed by atoms with Gasteiger partial charge in [0, 0.05) is 27.0 Å². The summed E-state index contributed by atoms with van der Waals surface area (Å²) in [6, 6.07) is 12.4. The van der Waals surface area contributed by atoms with Gasteiger partial charge in [0.05, 0.1) is 5.69 Å². The molecular formula is C21H16FN3O4S3. The van der Waals surface area contributed by atoms with Crippen molar-refractivity contribution in [1.82, 2.24) is 9.29 Å². The molecule has 0 bridgehead atoms. The minimum absolute atomic E-state index is 0.00766. The lowest BCUT2D eigenvalue weighted by molar-refractivity contribution is 0.256. The van der Waals surface area contributed by atoms with Crippen LogP contribution >= 0.6 is 24.0 Å². The van der Waals surface area contributed by atoms with Crippen LogP contribution in [0.5, 0.6) is 0 Å². The lowest BCUT2D eigenvalue weighted by atomic mass is 10.1. The summed E-state index contributed by atoms with van der Waals surface area (Å²) in [4.78, 5) is 26.3. The summed E-state index contributed by atoms with van der Waals surface area (Å²) in [7, 11) is -4.04. The number of hydrogen-bond acceptors (Lipinski definition) is 6. The fourth-order valence-electron chi connectivity index (χ4n) is 3.08. The first-order valence-electron chi connectivity index (χ1n) is 9.18. The van der Waals surface area contributed by atoms with Gasteiger partial charge in [0.2, 0.25) is 0 Å². The zero-order chi connectivity index (χ0) is 23.0. The molecule has 0 aliphatic heterocycles. The molecule has 7 nitrogen and oxygen atoms in total. The highest BCUT2D eigenvalue weighted by Crippen LogP contribution is 2.22. The van der Waals surface area contributed by atoms with Gasteiger partial charge in [-0.1, -0.05) is 6.07 Å². The predicted molar refractivity (Wildman–Crippen MR) is 125 cm³/mol. The number of halogens is 1. The fraction of sp³-hybridized carbons (Fsp3) is 0.0476. The van der Waals surface area contributed by atoms with Gasteiger partial charge < -0.3 is 5.32 Å². The number of fused-ring (bicyclic) bond motifs is 1. The highest BCUT2D eigenvalue weighted by Gasteiger charge is 2.20. The Hall–Kier alpha value is -3.15. The molecule has 164 valence electrons. The maximum atomic E-state index is 14.8. The number of thiophene rings is 1. The van der Waals surface area contributed by atoms with Gasteiger partial charge in [0.15, 0.2) is 0 Å². The lowest BCUT2D eigenvalue weighted by Gasteiger charge is -2.11. The second kappa shape index (κ2) is 8.41. The quantitative estimate of drug-likeness (QED) is 0.373. The highest BCUT2D eigenvalue weighted by molar-refractivity contribution is 7.92. The van der Waals surface area contributed by atoms with Crippen LogP contribution in [0.1, 0.15) is 4.88 Å². The number of hydrogen-bond donors (Lipinski definition) is 3. The van der Waals surface area contributed by atoms with Gasteiger partial charge >= 0.3 is 6.03 Å². The van der Waals surface area contributed by atoms with E-state index in [2.05, 4.69) is 17.9 Å². The predicted octanol–water partition coefficient (Wildman–Crippen LogP) is 4.30. The number of urea groups is 1. The highest BCUT2D eigenvalue weighted by atomic mass is 32.2. The first-order valence-corrected chi connectivity index (χ1v) is 11.9. The van der Waals surface area contributed by atoms with E-state index >= 15 is 0 Å². The van der Waals surface area contributed by atoms with Gasteiger partial charge in [-0.05, 0) is 60.8 Å². The minimum atomic E-state index is -4.04. The van der Waals surface area contributed by atoms with Crippen LogP contribution in [0.25, 0.3) is 16.5 Å². The van der Waals surface area contributed by atoms with E-state index in [-0.39, 0.29) is 15.6 Å². The Morgan fingerprint density at radius 1 is 1.09 bits per heavy atom. The van der Waals surface area contributed by atoms with Crippen molar-refractivity contribution in [2.45, 2.75) is 16.0 Å². The molecule has 2 N–H and O–H groups in total. The molecule has 0 spiro atoms. The number of thiol groups is 1. The Balaban J connectivity index is 1.58. The summed E-state index contributed by atoms with van der Waals surface area (Å²) in [6.07, 6.45) is 1.46. The number of anilines is 1. The van der Waals surface area contributed by atoms with Crippen LogP contribution in [-0.4, -0.2) is 19.0 Å². The van der Waals surface area contributed by atoms with Gasteiger partial charge in [-0.2, -0.15) is 0 Å². The molecule has 0 saturated carbocycles. The van der Waals surface area contributed by atoms with Gasteiger partial charge in [-0.15, -0.1) is 24.0 Å². The third-order valence-corrected chi connectivity index (χ3v) is 7.66. The third kappa shape index (κ3) is 4.40. The molecule has 4 aromatic rings. The number of nitrogens with zero attached hydrogens (tertiary/aromatic N) is 1. The summed E-state index contributed by atoms with van der Waals surface area (Å²) < 4.78 is 42.3. The Bertz CT molecular complexity index is 1530. The minimum Gasteiger partial charge on any atom is -0.307 e. The van der Waals surface area contributed by atoms with Crippen LogP contribution in [0, 0.1) is 12.7 Å². The van der Waals surface area contributed by atoms with E-state index in [0.29, 0.717) is 15.7 Å². The molecule has 0 aliphatic rings.